The van der Waals surface area contributed by atoms with Crippen molar-refractivity contribution in [1.29, 1.82) is 0 Å². The zero-order valence-electron chi connectivity index (χ0n) is 9.76. The number of phenolic OH excluding ortho intramolecular Hbond substituents is 2. The Bertz CT molecular complexity index is 400. The van der Waals surface area contributed by atoms with Crippen LogP contribution >= 0.6 is 0 Å². The zero-order valence-corrected chi connectivity index (χ0v) is 9.76. The van der Waals surface area contributed by atoms with Crippen molar-refractivity contribution in [3.63, 3.8) is 0 Å². The normalized spacial score (nSPS) is 18.8. The number of nitrogens with one attached hydrogen (secondary N) is 1. The molecular formula is C13H18N2O2. The standard InChI is InChI=1S/C13H18N2O2/c1-2-11(15-8-6-14-7-9-15)10-4-3-5-12(16)13(10)17/h2-5,11,14,16-17H,1,6-9H2/t11-/m0/s1. The van der Waals surface area contributed by atoms with Gasteiger partial charge in [0, 0.05) is 31.7 Å². The molecule has 3 N–H and O–H groups in total. The van der Waals surface area contributed by atoms with Gasteiger partial charge in [-0.15, -0.1) is 6.58 Å². The highest BCUT2D eigenvalue weighted by molar-refractivity contribution is 5.47. The Morgan fingerprint density at radius 1 is 1.29 bits per heavy atom. The second-order valence-corrected chi connectivity index (χ2v) is 4.18. The molecule has 1 aliphatic heterocycles. The zero-order chi connectivity index (χ0) is 12.3. The van der Waals surface area contributed by atoms with Crippen molar-refractivity contribution >= 4 is 0 Å². The fraction of sp³-hybridized carbons (Fsp3) is 0.385. The van der Waals surface area contributed by atoms with Crippen molar-refractivity contribution < 1.29 is 10.2 Å². The molecular weight excluding hydrogens is 216 g/mol. The maximum absolute atomic E-state index is 9.89. The highest BCUT2D eigenvalue weighted by Gasteiger charge is 2.22. The van der Waals surface area contributed by atoms with Crippen LogP contribution in [0.15, 0.2) is 30.9 Å². The largest absolute Gasteiger partial charge is 0.504 e. The van der Waals surface area contributed by atoms with Crippen LogP contribution in [0.5, 0.6) is 11.5 Å². The summed E-state index contributed by atoms with van der Waals surface area (Å²) >= 11 is 0. The number of benzene rings is 1. The summed E-state index contributed by atoms with van der Waals surface area (Å²) in [5.74, 6) is -0.125. The molecule has 1 atom stereocenters. The van der Waals surface area contributed by atoms with E-state index < -0.39 is 0 Å². The average molecular weight is 234 g/mol. The van der Waals surface area contributed by atoms with Crippen LogP contribution in [0.2, 0.25) is 0 Å². The lowest BCUT2D eigenvalue weighted by Gasteiger charge is -2.33. The fourth-order valence-electron chi connectivity index (χ4n) is 2.22. The monoisotopic (exact) mass is 234 g/mol. The van der Waals surface area contributed by atoms with E-state index in [9.17, 15) is 10.2 Å². The predicted octanol–water partition coefficient (Wildman–Crippen LogP) is 1.23. The van der Waals surface area contributed by atoms with Gasteiger partial charge in [-0.1, -0.05) is 18.2 Å². The minimum absolute atomic E-state index is 0.0454. The van der Waals surface area contributed by atoms with Crippen LogP contribution < -0.4 is 5.32 Å². The lowest BCUT2D eigenvalue weighted by atomic mass is 10.0. The van der Waals surface area contributed by atoms with Crippen LogP contribution in [-0.2, 0) is 0 Å². The molecule has 4 nitrogen and oxygen atoms in total. The predicted molar refractivity (Wildman–Crippen MR) is 67.2 cm³/mol. The number of aromatic hydroxyl groups is 2. The average Bonchev–Trinajstić information content (AvgIpc) is 2.37. The third-order valence-electron chi connectivity index (χ3n) is 3.13. The van der Waals surface area contributed by atoms with E-state index in [-0.39, 0.29) is 17.5 Å². The molecule has 0 saturated carbocycles. The number of piperazine rings is 1. The van der Waals surface area contributed by atoms with Crippen molar-refractivity contribution in [2.75, 3.05) is 26.2 Å². The summed E-state index contributed by atoms with van der Waals surface area (Å²) in [6.07, 6.45) is 1.81. The van der Waals surface area contributed by atoms with E-state index in [0.717, 1.165) is 26.2 Å². The summed E-state index contributed by atoms with van der Waals surface area (Å²) in [5, 5.41) is 22.7. The third-order valence-corrected chi connectivity index (χ3v) is 3.13. The van der Waals surface area contributed by atoms with Crippen LogP contribution in [-0.4, -0.2) is 41.3 Å². The summed E-state index contributed by atoms with van der Waals surface area (Å²) in [4.78, 5) is 2.23. The van der Waals surface area contributed by atoms with E-state index in [4.69, 9.17) is 0 Å². The van der Waals surface area contributed by atoms with E-state index in [1.54, 1.807) is 12.1 Å². The van der Waals surface area contributed by atoms with Crippen LogP contribution in [0, 0.1) is 0 Å². The highest BCUT2D eigenvalue weighted by Crippen LogP contribution is 2.35. The Morgan fingerprint density at radius 3 is 2.65 bits per heavy atom. The van der Waals surface area contributed by atoms with Crippen molar-refractivity contribution in [3.8, 4) is 11.5 Å². The van der Waals surface area contributed by atoms with E-state index in [1.165, 1.54) is 6.07 Å². The van der Waals surface area contributed by atoms with Crippen molar-refractivity contribution in [2.45, 2.75) is 6.04 Å². The molecule has 0 unspecified atom stereocenters. The summed E-state index contributed by atoms with van der Waals surface area (Å²) in [5.41, 5.74) is 0.710. The molecule has 0 spiro atoms. The number of phenols is 2. The van der Waals surface area contributed by atoms with Crippen LogP contribution in [0.3, 0.4) is 0 Å². The van der Waals surface area contributed by atoms with Gasteiger partial charge < -0.3 is 15.5 Å². The molecule has 0 bridgehead atoms. The topological polar surface area (TPSA) is 55.7 Å². The molecule has 0 aromatic heterocycles. The molecule has 1 aliphatic rings. The van der Waals surface area contributed by atoms with Crippen molar-refractivity contribution in [1.82, 2.24) is 10.2 Å². The van der Waals surface area contributed by atoms with E-state index in [2.05, 4.69) is 16.8 Å². The highest BCUT2D eigenvalue weighted by atomic mass is 16.3. The summed E-state index contributed by atoms with van der Waals surface area (Å²) in [6.45, 7) is 7.51. The van der Waals surface area contributed by atoms with Gasteiger partial charge in [-0.05, 0) is 6.07 Å². The van der Waals surface area contributed by atoms with E-state index in [0.29, 0.717) is 5.56 Å². The fourth-order valence-corrected chi connectivity index (χ4v) is 2.22. The van der Waals surface area contributed by atoms with E-state index >= 15 is 0 Å². The molecule has 17 heavy (non-hydrogen) atoms. The summed E-state index contributed by atoms with van der Waals surface area (Å²) < 4.78 is 0. The first-order valence-corrected chi connectivity index (χ1v) is 5.82. The Morgan fingerprint density at radius 2 is 2.00 bits per heavy atom. The number of hydrogen-bond donors (Lipinski definition) is 3. The molecule has 0 aliphatic carbocycles. The van der Waals surface area contributed by atoms with Gasteiger partial charge in [0.05, 0.1) is 6.04 Å². The van der Waals surface area contributed by atoms with Gasteiger partial charge in [-0.3, -0.25) is 4.90 Å². The second-order valence-electron chi connectivity index (χ2n) is 4.18. The van der Waals surface area contributed by atoms with Crippen molar-refractivity contribution in [2.24, 2.45) is 0 Å². The van der Waals surface area contributed by atoms with Gasteiger partial charge in [0.25, 0.3) is 0 Å². The SMILES string of the molecule is C=C[C@@H](c1cccc(O)c1O)N1CCNCC1. The molecule has 4 heteroatoms. The molecule has 0 amide bonds. The Balaban J connectivity index is 2.27. The molecule has 1 aromatic carbocycles. The van der Waals surface area contributed by atoms with E-state index in [1.807, 2.05) is 6.07 Å². The molecule has 0 radical (unpaired) electrons. The Labute approximate surface area is 101 Å². The molecule has 1 saturated heterocycles. The first-order chi connectivity index (χ1) is 8.24. The van der Waals surface area contributed by atoms with Gasteiger partial charge in [0.2, 0.25) is 0 Å². The Hall–Kier alpha value is -1.52. The third kappa shape index (κ3) is 2.43. The number of para-hydroxylation sites is 1. The van der Waals surface area contributed by atoms with Gasteiger partial charge in [-0.25, -0.2) is 0 Å². The van der Waals surface area contributed by atoms with Gasteiger partial charge >= 0.3 is 0 Å². The second kappa shape index (κ2) is 5.21. The number of nitrogens with zero attached hydrogens (tertiary/aromatic N) is 1. The number of rotatable bonds is 3. The first kappa shape index (κ1) is 12.0. The molecule has 1 aromatic rings. The maximum atomic E-state index is 9.89. The number of hydrogen-bond acceptors (Lipinski definition) is 4. The van der Waals surface area contributed by atoms with Crippen LogP contribution in [0.1, 0.15) is 11.6 Å². The lowest BCUT2D eigenvalue weighted by molar-refractivity contribution is 0.200. The van der Waals surface area contributed by atoms with Crippen LogP contribution in [0.4, 0.5) is 0 Å². The summed E-state index contributed by atoms with van der Waals surface area (Å²) in [7, 11) is 0. The molecule has 1 fully saturated rings. The smallest absolute Gasteiger partial charge is 0.162 e. The van der Waals surface area contributed by atoms with Gasteiger partial charge in [-0.2, -0.15) is 0 Å². The lowest BCUT2D eigenvalue weighted by Crippen LogP contribution is -2.44. The van der Waals surface area contributed by atoms with Gasteiger partial charge in [0.15, 0.2) is 11.5 Å². The molecule has 2 rings (SSSR count). The Kier molecular flexibility index (Phi) is 3.66. The quantitative estimate of drug-likeness (QED) is 0.544. The summed E-state index contributed by atoms with van der Waals surface area (Å²) in [6, 6.07) is 4.99. The minimum Gasteiger partial charge on any atom is -0.504 e. The molecule has 1 heterocycles. The molecule has 92 valence electrons. The van der Waals surface area contributed by atoms with Crippen molar-refractivity contribution in [3.05, 3.63) is 36.4 Å². The maximum Gasteiger partial charge on any atom is 0.162 e. The van der Waals surface area contributed by atoms with Gasteiger partial charge in [0.1, 0.15) is 0 Å². The first-order valence-electron chi connectivity index (χ1n) is 5.82. The minimum atomic E-state index is -0.0792. The van der Waals surface area contributed by atoms with Crippen LogP contribution in [0.25, 0.3) is 0 Å².